The maximum Gasteiger partial charge on any atom is 0.373 e. The van der Waals surface area contributed by atoms with E-state index in [0.717, 1.165) is 40.9 Å². The Hall–Kier alpha value is -18.3. The van der Waals surface area contributed by atoms with Crippen molar-refractivity contribution in [3.05, 3.63) is 408 Å². The number of hydrogen-bond acceptors (Lipinski definition) is 28. The van der Waals surface area contributed by atoms with Crippen LogP contribution in [0.15, 0.2) is 279 Å². The van der Waals surface area contributed by atoms with Crippen LogP contribution in [0.25, 0.3) is 11.4 Å². The predicted molar refractivity (Wildman–Crippen MR) is 541 cm³/mol. The number of methoxy groups -OCH3 is 2. The summed E-state index contributed by atoms with van der Waals surface area (Å²) in [6.45, 7) is 13.3. The number of amides is 4. The summed E-state index contributed by atoms with van der Waals surface area (Å²) < 4.78 is 86.7. The molecular formula is C106H102ClF4N13O24. The number of nitrogens with two attached hydrogens (primary N) is 1. The highest BCUT2D eigenvalue weighted by atomic mass is 35.5. The van der Waals surface area contributed by atoms with Gasteiger partial charge in [0.15, 0.2) is 5.82 Å². The molecule has 0 saturated carbocycles. The molecule has 0 radical (unpaired) electrons. The third kappa shape index (κ3) is 30.2. The van der Waals surface area contributed by atoms with E-state index in [1.807, 2.05) is 61.5 Å². The first-order chi connectivity index (χ1) is 70.5. The van der Waals surface area contributed by atoms with E-state index in [-0.39, 0.29) is 128 Å². The minimum atomic E-state index is -1.21. The molecule has 3 aliphatic rings. The van der Waals surface area contributed by atoms with Gasteiger partial charge in [-0.1, -0.05) is 134 Å². The quantitative estimate of drug-likeness (QED) is 0.0150. The number of nitrogens with zero attached hydrogens (tertiary/aromatic N) is 11. The molecule has 148 heavy (non-hydrogen) atoms. The van der Waals surface area contributed by atoms with Gasteiger partial charge >= 0.3 is 18.1 Å². The number of likely N-dealkylation sites (N-methyl/N-ethyl adjacent to an activating group) is 3. The smallest absolute Gasteiger partial charge is 0.373 e. The number of para-hydroxylation sites is 6. The van der Waals surface area contributed by atoms with Gasteiger partial charge in [-0.3, -0.25) is 79.3 Å². The fourth-order valence-corrected chi connectivity index (χ4v) is 14.8. The number of hydrogen-bond donors (Lipinski definition) is 2. The molecule has 3 aliphatic heterocycles. The summed E-state index contributed by atoms with van der Waals surface area (Å²) >= 11 is 6.21. The molecule has 0 aliphatic carbocycles. The van der Waals surface area contributed by atoms with Crippen LogP contribution in [-0.2, 0) is 80.2 Å². The number of esters is 2. The van der Waals surface area contributed by atoms with E-state index in [1.165, 1.54) is 121 Å². The Morgan fingerprint density at radius 2 is 0.939 bits per heavy atom. The van der Waals surface area contributed by atoms with Gasteiger partial charge in [-0.2, -0.15) is 9.59 Å². The van der Waals surface area contributed by atoms with Gasteiger partial charge in [-0.25, -0.2) is 27.5 Å². The summed E-state index contributed by atoms with van der Waals surface area (Å²) in [6.07, 6.45) is 1.31. The van der Waals surface area contributed by atoms with Crippen molar-refractivity contribution in [2.45, 2.75) is 97.4 Å². The Morgan fingerprint density at radius 3 is 1.36 bits per heavy atom. The van der Waals surface area contributed by atoms with E-state index in [4.69, 9.17) is 55.3 Å². The van der Waals surface area contributed by atoms with Gasteiger partial charge in [0.05, 0.1) is 117 Å². The normalized spacial score (nSPS) is 13.8. The summed E-state index contributed by atoms with van der Waals surface area (Å²) in [6, 6.07) is 73.3. The van der Waals surface area contributed by atoms with Crippen LogP contribution in [0.4, 0.5) is 74.4 Å². The molecule has 0 saturated heterocycles. The lowest BCUT2D eigenvalue weighted by Crippen LogP contribution is -2.50. The van der Waals surface area contributed by atoms with Gasteiger partial charge in [-0.15, -0.1) is 0 Å². The zero-order valence-electron chi connectivity index (χ0n) is 82.1. The van der Waals surface area contributed by atoms with Gasteiger partial charge in [0.2, 0.25) is 17.1 Å². The van der Waals surface area contributed by atoms with E-state index in [0.29, 0.717) is 81.2 Å². The standard InChI is InChI=1S/C21H16ClF2N3O3.C16H15FN2O3.C16H14N2O4.C16H16N2O2.C11H13NO4.C10H11NO4.C8H9NO2.C7H8FN.CO2/c1-29-12-7-6-11(16(8-12)30-2)9-27-10-15-18(21(27)28)19(22)26-20(25-15)17-13(23)4-3-5-14(17)24;1-11(12-7-9-13(10-8-12)19(21)22)16(20)18(2)15-6-4-3-5-14(15)17;1-16(11-7-9-12(10-8-11)18(20)21)15(19)17(2)13-5-3-4-6-14(13)22-16;1-16(11-7-9-12(17)10-8-11)15(19)18(2)13-5-3-4-6-14(13)20-16;1-3-16-11(13)8(2)9-4-6-10(7-5-9)12(14)15;1-2-15-10(12)7-8-3-5-9(6-4-8)11(13)14;1-2-7-3-5-8(6-4-7)9(10)11;1-9-7-5-3-2-4-6(7)8;2-1-3/h3-8H,9-10H2,1-2H3;3-11H,1-2H3;3-10H,1-2H3;3-10H,17H2,1-2H3;4-8H,3H2,1-2H3;3-6H,2,7H2,1H3;3-6H,2H2,1H3;2-5,9H,1H3;. The van der Waals surface area contributed by atoms with Crippen LogP contribution in [0.3, 0.4) is 0 Å². The summed E-state index contributed by atoms with van der Waals surface area (Å²) in [5.41, 5.74) is 11.8. The summed E-state index contributed by atoms with van der Waals surface area (Å²) in [7, 11) is 9.72. The fraction of sp³-hybridized carbons (Fsp3) is 0.217. The van der Waals surface area contributed by atoms with Crippen molar-refractivity contribution in [2.24, 2.45) is 0 Å². The molecule has 12 aromatic carbocycles. The number of nitrogen functional groups attached to an aromatic ring is 1. The first kappa shape index (κ1) is 115. The van der Waals surface area contributed by atoms with Gasteiger partial charge < -0.3 is 59.1 Å². The number of carbonyl (C=O) groups is 6. The number of aromatic nitrogens is 2. The molecule has 42 heteroatoms. The molecule has 13 aromatic rings. The Kier molecular flexibility index (Phi) is 42.2. The number of nitro groups is 5. The molecule has 770 valence electrons. The Balaban J connectivity index is 0.000000210. The minimum Gasteiger partial charge on any atom is -0.497 e. The second-order valence-electron chi connectivity index (χ2n) is 32.2. The van der Waals surface area contributed by atoms with Crippen LogP contribution in [0.2, 0.25) is 5.15 Å². The molecule has 4 unspecified atom stereocenters. The van der Waals surface area contributed by atoms with Gasteiger partial charge in [-0.05, 0) is 167 Å². The second kappa shape index (κ2) is 54.3. The zero-order chi connectivity index (χ0) is 109. The van der Waals surface area contributed by atoms with Crippen molar-refractivity contribution in [1.29, 1.82) is 0 Å². The number of ether oxygens (including phenoxy) is 6. The Morgan fingerprint density at radius 1 is 0.527 bits per heavy atom. The van der Waals surface area contributed by atoms with Crippen molar-refractivity contribution in [2.75, 3.05) is 81.4 Å². The molecule has 4 atom stereocenters. The summed E-state index contributed by atoms with van der Waals surface area (Å²) in [5, 5.41) is 54.9. The molecule has 0 bridgehead atoms. The fourth-order valence-electron chi connectivity index (χ4n) is 14.5. The highest BCUT2D eigenvalue weighted by Gasteiger charge is 2.47. The first-order valence-corrected chi connectivity index (χ1v) is 45.3. The lowest BCUT2D eigenvalue weighted by atomic mass is 9.92. The number of non-ortho nitro benzene ring substituents is 5. The number of benzene rings is 12. The lowest BCUT2D eigenvalue weighted by molar-refractivity contribution is -0.385. The summed E-state index contributed by atoms with van der Waals surface area (Å²) in [4.78, 5) is 154. The average Bonchev–Trinajstić information content (AvgIpc) is 0.863. The maximum atomic E-state index is 14.1. The SMILES string of the molecule is CC(C(=O)N(C)c1ccccc1F)c1ccc([N+](=O)[O-])cc1.CCOC(=O)C(C)c1ccc([N+](=O)[O-])cc1.CCOC(=O)Cc1ccc([N+](=O)[O-])cc1.CCc1ccc([N+](=O)[O-])cc1.CN1C(=O)C(C)(c2ccc(N)cc2)Oc2ccccc21.CN1C(=O)C(C)(c2ccc([N+](=O)[O-])cc2)Oc2ccccc21.CNc1ccccc1F.COc1ccc(CN2Cc3nc(-c4c(F)cccc4F)nc(Cl)c3C2=O)c(OC)c1.O=C=O. The highest BCUT2D eigenvalue weighted by molar-refractivity contribution is 6.33. The van der Waals surface area contributed by atoms with Crippen molar-refractivity contribution < 1.29 is 109 Å². The molecule has 16 rings (SSSR count). The van der Waals surface area contributed by atoms with Crippen LogP contribution in [0, 0.1) is 73.8 Å². The van der Waals surface area contributed by atoms with Crippen LogP contribution in [0.1, 0.15) is 115 Å². The van der Waals surface area contributed by atoms with Crippen molar-refractivity contribution in [3.8, 4) is 34.4 Å². The number of aryl methyl sites for hydroxylation is 1. The molecule has 0 spiro atoms. The van der Waals surface area contributed by atoms with E-state index in [2.05, 4.69) is 15.3 Å². The molecule has 1 aromatic heterocycles. The van der Waals surface area contributed by atoms with Gasteiger partial charge in [0, 0.05) is 117 Å². The van der Waals surface area contributed by atoms with Gasteiger partial charge in [0.1, 0.15) is 57.0 Å². The van der Waals surface area contributed by atoms with Crippen molar-refractivity contribution in [1.82, 2.24) is 14.9 Å². The molecule has 0 fully saturated rings. The van der Waals surface area contributed by atoms with Crippen LogP contribution < -0.4 is 44.7 Å². The van der Waals surface area contributed by atoms with E-state index < -0.39 is 60.2 Å². The van der Waals surface area contributed by atoms with E-state index in [9.17, 15) is 96.9 Å². The largest absolute Gasteiger partial charge is 0.497 e. The number of nitro benzene ring substituents is 5. The summed E-state index contributed by atoms with van der Waals surface area (Å²) in [5.74, 6) is -2.59. The lowest BCUT2D eigenvalue weighted by Gasteiger charge is -2.39. The molecule has 37 nitrogen and oxygen atoms in total. The molecule has 3 N–H and O–H groups in total. The highest BCUT2D eigenvalue weighted by Crippen LogP contribution is 2.44. The third-order valence-electron chi connectivity index (χ3n) is 22.7. The Labute approximate surface area is 851 Å². The number of nitrogens with one attached hydrogen (secondary N) is 1. The van der Waals surface area contributed by atoms with E-state index in [1.54, 1.807) is 195 Å². The minimum absolute atomic E-state index is 0.0137. The van der Waals surface area contributed by atoms with Crippen molar-refractivity contribution >= 4 is 110 Å². The number of rotatable bonds is 23. The average molecular weight is 2050 g/mol. The zero-order valence-corrected chi connectivity index (χ0v) is 82.9. The van der Waals surface area contributed by atoms with Gasteiger partial charge in [0.25, 0.3) is 46.2 Å². The monoisotopic (exact) mass is 2050 g/mol. The maximum absolute atomic E-state index is 14.1. The van der Waals surface area contributed by atoms with E-state index >= 15 is 0 Å². The van der Waals surface area contributed by atoms with Crippen LogP contribution >= 0.6 is 11.6 Å². The van der Waals surface area contributed by atoms with Crippen LogP contribution in [-0.4, -0.2) is 137 Å². The van der Waals surface area contributed by atoms with Crippen LogP contribution in [0.5, 0.6) is 23.0 Å². The molecule has 4 amide bonds. The third-order valence-corrected chi connectivity index (χ3v) is 23.0. The molecule has 4 heterocycles. The Bertz CT molecular complexity index is 6910. The molecular weight excluding hydrogens is 1950 g/mol. The van der Waals surface area contributed by atoms with Crippen molar-refractivity contribution in [3.63, 3.8) is 0 Å². The topological polar surface area (TPSA) is 484 Å². The second-order valence-corrected chi connectivity index (χ2v) is 32.6. The first-order valence-electron chi connectivity index (χ1n) is 44.9. The number of fused-ring (bicyclic) bond motifs is 3. The predicted octanol–water partition coefficient (Wildman–Crippen LogP) is 20.6. The number of carbonyl (C=O) groups excluding carboxylic acids is 8. The number of anilines is 5. The number of halogens is 5.